The second-order valence-corrected chi connectivity index (χ2v) is 4.25. The van der Waals surface area contributed by atoms with Gasteiger partial charge >= 0.3 is 6.09 Å². The van der Waals surface area contributed by atoms with Gasteiger partial charge in [0.15, 0.2) is 6.10 Å². The summed E-state index contributed by atoms with van der Waals surface area (Å²) >= 11 is 0. The number of ether oxygens (including phenoxy) is 2. The van der Waals surface area contributed by atoms with Gasteiger partial charge in [-0.05, 0) is 31.0 Å². The Balaban J connectivity index is 1.99. The normalized spacial score (nSPS) is 16.9. The van der Waals surface area contributed by atoms with Crippen LogP contribution in [0.15, 0.2) is 18.2 Å². The highest BCUT2D eigenvalue weighted by atomic mass is 16.5. The minimum absolute atomic E-state index is 0.155. The number of carbonyl (C=O) groups is 2. The molecule has 1 aromatic rings. The number of fused-ring (bicyclic) bond motifs is 1. The maximum atomic E-state index is 11.5. The molecule has 0 aliphatic carbocycles. The van der Waals surface area contributed by atoms with Crippen LogP contribution >= 0.6 is 0 Å². The number of nitrogens with one attached hydrogen (secondary N) is 2. The zero-order chi connectivity index (χ0) is 13.8. The lowest BCUT2D eigenvalue weighted by Gasteiger charge is -2.23. The average molecular weight is 264 g/mol. The topological polar surface area (TPSA) is 76.7 Å². The van der Waals surface area contributed by atoms with Gasteiger partial charge in [-0.1, -0.05) is 6.07 Å². The van der Waals surface area contributed by atoms with Crippen molar-refractivity contribution >= 4 is 17.7 Å². The zero-order valence-electron chi connectivity index (χ0n) is 10.9. The molecule has 0 radical (unpaired) electrons. The number of carbonyl (C=O) groups excluding carboxylic acids is 2. The second-order valence-electron chi connectivity index (χ2n) is 4.25. The van der Waals surface area contributed by atoms with Crippen molar-refractivity contribution in [1.29, 1.82) is 0 Å². The van der Waals surface area contributed by atoms with Crippen molar-refractivity contribution in [2.24, 2.45) is 0 Å². The van der Waals surface area contributed by atoms with E-state index in [9.17, 15) is 9.59 Å². The number of benzene rings is 1. The van der Waals surface area contributed by atoms with Crippen molar-refractivity contribution in [3.05, 3.63) is 23.8 Å². The van der Waals surface area contributed by atoms with Gasteiger partial charge in [-0.25, -0.2) is 4.79 Å². The molecule has 1 aliphatic rings. The van der Waals surface area contributed by atoms with Crippen LogP contribution < -0.4 is 15.4 Å². The van der Waals surface area contributed by atoms with Crippen LogP contribution in [0, 0.1) is 0 Å². The fourth-order valence-corrected chi connectivity index (χ4v) is 1.79. The van der Waals surface area contributed by atoms with Crippen molar-refractivity contribution in [3.63, 3.8) is 0 Å². The number of amides is 2. The molecule has 1 unspecified atom stereocenters. The Bertz CT molecular complexity index is 501. The molecule has 2 rings (SSSR count). The largest absolute Gasteiger partial charge is 0.479 e. The van der Waals surface area contributed by atoms with E-state index in [1.165, 1.54) is 7.11 Å². The highest BCUT2D eigenvalue weighted by Gasteiger charge is 2.23. The van der Waals surface area contributed by atoms with E-state index in [4.69, 9.17) is 4.74 Å². The average Bonchev–Trinajstić information content (AvgIpc) is 2.40. The van der Waals surface area contributed by atoms with Gasteiger partial charge < -0.3 is 20.1 Å². The van der Waals surface area contributed by atoms with Crippen molar-refractivity contribution in [1.82, 2.24) is 5.32 Å². The van der Waals surface area contributed by atoms with Gasteiger partial charge in [0.2, 0.25) is 0 Å². The minimum atomic E-state index is -0.473. The van der Waals surface area contributed by atoms with Gasteiger partial charge in [0, 0.05) is 6.54 Å². The van der Waals surface area contributed by atoms with E-state index in [-0.39, 0.29) is 5.91 Å². The van der Waals surface area contributed by atoms with Crippen LogP contribution in [0.5, 0.6) is 5.75 Å². The first-order valence-electron chi connectivity index (χ1n) is 6.02. The monoisotopic (exact) mass is 264 g/mol. The van der Waals surface area contributed by atoms with Crippen LogP contribution in [0.1, 0.15) is 12.5 Å². The number of anilines is 1. The van der Waals surface area contributed by atoms with Gasteiger partial charge in [0.25, 0.3) is 5.91 Å². The zero-order valence-corrected chi connectivity index (χ0v) is 10.9. The molecule has 2 amide bonds. The lowest BCUT2D eigenvalue weighted by molar-refractivity contribution is -0.122. The summed E-state index contributed by atoms with van der Waals surface area (Å²) in [4.78, 5) is 22.4. The molecule has 102 valence electrons. The third kappa shape index (κ3) is 3.15. The number of hydrogen-bond acceptors (Lipinski definition) is 4. The molecule has 0 fully saturated rings. The van der Waals surface area contributed by atoms with E-state index in [2.05, 4.69) is 15.4 Å². The predicted octanol–water partition coefficient (Wildman–Crippen LogP) is 1.30. The molecule has 1 aliphatic heterocycles. The number of rotatable bonds is 3. The van der Waals surface area contributed by atoms with Gasteiger partial charge in [-0.15, -0.1) is 0 Å². The molecule has 0 saturated heterocycles. The lowest BCUT2D eigenvalue weighted by atomic mass is 10.1. The highest BCUT2D eigenvalue weighted by Crippen LogP contribution is 2.30. The molecule has 0 aromatic heterocycles. The van der Waals surface area contributed by atoms with Crippen molar-refractivity contribution in [3.8, 4) is 5.75 Å². The summed E-state index contributed by atoms with van der Waals surface area (Å²) in [6.45, 7) is 2.17. The Morgan fingerprint density at radius 1 is 1.53 bits per heavy atom. The first-order valence-corrected chi connectivity index (χ1v) is 6.02. The van der Waals surface area contributed by atoms with Crippen LogP contribution in [0.25, 0.3) is 0 Å². The molecule has 1 heterocycles. The van der Waals surface area contributed by atoms with Crippen molar-refractivity contribution in [2.45, 2.75) is 19.4 Å². The van der Waals surface area contributed by atoms with E-state index in [0.29, 0.717) is 24.4 Å². The number of methoxy groups -OCH3 is 1. The molecule has 0 spiro atoms. The van der Waals surface area contributed by atoms with Crippen LogP contribution in [-0.2, 0) is 16.0 Å². The number of alkyl carbamates (subject to hydrolysis) is 1. The van der Waals surface area contributed by atoms with Crippen molar-refractivity contribution in [2.75, 3.05) is 19.0 Å². The van der Waals surface area contributed by atoms with Crippen LogP contribution in [0.3, 0.4) is 0 Å². The van der Waals surface area contributed by atoms with E-state index in [1.807, 2.05) is 18.2 Å². The van der Waals surface area contributed by atoms with Crippen LogP contribution in [-0.4, -0.2) is 31.8 Å². The molecule has 0 saturated carbocycles. The smallest absolute Gasteiger partial charge is 0.406 e. The van der Waals surface area contributed by atoms with E-state index in [0.717, 1.165) is 5.56 Å². The third-order valence-corrected chi connectivity index (χ3v) is 2.84. The molecule has 1 aromatic carbocycles. The standard InChI is InChI=1S/C13H16N2O4/c1-8-12(16)15-10-7-9(3-4-11(10)19-8)5-6-14-13(17)18-2/h3-4,7-8H,5-6H2,1-2H3,(H,14,17)(H,15,16). The quantitative estimate of drug-likeness (QED) is 0.862. The Hall–Kier alpha value is -2.24. The summed E-state index contributed by atoms with van der Waals surface area (Å²) in [6.07, 6.45) is -0.281. The summed E-state index contributed by atoms with van der Waals surface area (Å²) in [6, 6.07) is 5.57. The fraction of sp³-hybridized carbons (Fsp3) is 0.385. The maximum absolute atomic E-state index is 11.5. The molecular formula is C13H16N2O4. The summed E-state index contributed by atoms with van der Waals surface area (Å²) in [5.74, 6) is 0.508. The minimum Gasteiger partial charge on any atom is -0.479 e. The Labute approximate surface area is 111 Å². The molecule has 1 atom stereocenters. The molecule has 0 bridgehead atoms. The summed E-state index contributed by atoms with van der Waals surface area (Å²) < 4.78 is 9.93. The first kappa shape index (κ1) is 13.2. The van der Waals surface area contributed by atoms with E-state index >= 15 is 0 Å². The molecule has 19 heavy (non-hydrogen) atoms. The molecule has 2 N–H and O–H groups in total. The third-order valence-electron chi connectivity index (χ3n) is 2.84. The Morgan fingerprint density at radius 3 is 3.05 bits per heavy atom. The Kier molecular flexibility index (Phi) is 3.89. The van der Waals surface area contributed by atoms with E-state index < -0.39 is 12.2 Å². The highest BCUT2D eigenvalue weighted by molar-refractivity contribution is 5.97. The summed E-state index contributed by atoms with van der Waals surface area (Å²) in [5, 5.41) is 5.38. The first-order chi connectivity index (χ1) is 9.10. The van der Waals surface area contributed by atoms with Crippen molar-refractivity contribution < 1.29 is 19.1 Å². The van der Waals surface area contributed by atoms with Gasteiger partial charge in [-0.2, -0.15) is 0 Å². The molecular weight excluding hydrogens is 248 g/mol. The van der Waals surface area contributed by atoms with Gasteiger partial charge in [0.05, 0.1) is 12.8 Å². The Morgan fingerprint density at radius 2 is 2.32 bits per heavy atom. The van der Waals surface area contributed by atoms with Gasteiger partial charge in [-0.3, -0.25) is 4.79 Å². The lowest BCUT2D eigenvalue weighted by Crippen LogP contribution is -2.34. The van der Waals surface area contributed by atoms with Gasteiger partial charge in [0.1, 0.15) is 5.75 Å². The molecule has 6 heteroatoms. The summed E-state index contributed by atoms with van der Waals surface area (Å²) in [7, 11) is 1.32. The van der Waals surface area contributed by atoms with Crippen LogP contribution in [0.4, 0.5) is 10.5 Å². The predicted molar refractivity (Wildman–Crippen MR) is 69.3 cm³/mol. The molecule has 6 nitrogen and oxygen atoms in total. The van der Waals surface area contributed by atoms with E-state index in [1.54, 1.807) is 6.92 Å². The second kappa shape index (κ2) is 5.60. The van der Waals surface area contributed by atoms with Crippen LogP contribution in [0.2, 0.25) is 0 Å². The summed E-state index contributed by atoms with van der Waals surface area (Å²) in [5.41, 5.74) is 1.66. The fourth-order valence-electron chi connectivity index (χ4n) is 1.79. The SMILES string of the molecule is COC(=O)NCCc1ccc2c(c1)NC(=O)C(C)O2. The number of hydrogen-bond donors (Lipinski definition) is 2. The maximum Gasteiger partial charge on any atom is 0.406 e.